The van der Waals surface area contributed by atoms with Gasteiger partial charge in [0.2, 0.25) is 0 Å². The van der Waals surface area contributed by atoms with Crippen LogP contribution in [0.4, 0.5) is 4.79 Å². The number of carbonyl (C=O) groups is 2. The standard InChI is InChI=1S/C19H22N4O3/c1-12-11-21-17-15(18(24)23(3)19(25)22(17)2)16(12)20-10-9-13-5-7-14(26-4)8-6-13/h5-8,11,15H,9-10H2,1-4H3/p+1. The highest BCUT2D eigenvalue weighted by molar-refractivity contribution is 6.31. The molecule has 1 aromatic carbocycles. The van der Waals surface area contributed by atoms with Gasteiger partial charge in [-0.25, -0.2) is 14.7 Å². The zero-order valence-corrected chi connectivity index (χ0v) is 15.4. The first-order valence-electron chi connectivity index (χ1n) is 8.47. The summed E-state index contributed by atoms with van der Waals surface area (Å²) in [6.07, 6.45) is 2.55. The van der Waals surface area contributed by atoms with Gasteiger partial charge in [0.15, 0.2) is 5.92 Å². The molecule has 7 heteroatoms. The van der Waals surface area contributed by atoms with Crippen molar-refractivity contribution >= 4 is 23.5 Å². The lowest BCUT2D eigenvalue weighted by molar-refractivity contribution is -0.383. The molecule has 3 rings (SSSR count). The molecule has 7 nitrogen and oxygen atoms in total. The van der Waals surface area contributed by atoms with Gasteiger partial charge in [-0.05, 0) is 31.0 Å². The maximum absolute atomic E-state index is 12.7. The lowest BCUT2D eigenvalue weighted by atomic mass is 9.91. The van der Waals surface area contributed by atoms with E-state index in [1.807, 2.05) is 31.2 Å². The molecular formula is C19H23N4O3+. The fourth-order valence-corrected chi connectivity index (χ4v) is 3.15. The van der Waals surface area contributed by atoms with Crippen LogP contribution in [-0.4, -0.2) is 61.0 Å². The van der Waals surface area contributed by atoms with E-state index in [0.717, 1.165) is 28.2 Å². The number of allylic oxidation sites excluding steroid dienone is 1. The largest absolute Gasteiger partial charge is 0.497 e. The Bertz CT molecular complexity index is 824. The highest BCUT2D eigenvalue weighted by Gasteiger charge is 2.50. The van der Waals surface area contributed by atoms with Crippen LogP contribution in [0.15, 0.2) is 41.0 Å². The summed E-state index contributed by atoms with van der Waals surface area (Å²) in [5.41, 5.74) is 2.76. The molecule has 136 valence electrons. The summed E-state index contributed by atoms with van der Waals surface area (Å²) in [5.74, 6) is 0.557. The lowest BCUT2D eigenvalue weighted by Crippen LogP contribution is -2.80. The molecule has 0 aliphatic carbocycles. The third-order valence-corrected chi connectivity index (χ3v) is 4.74. The molecule has 0 spiro atoms. The summed E-state index contributed by atoms with van der Waals surface area (Å²) in [6, 6.07) is 7.51. The van der Waals surface area contributed by atoms with Crippen LogP contribution in [0.3, 0.4) is 0 Å². The quantitative estimate of drug-likeness (QED) is 0.839. The first kappa shape index (κ1) is 17.8. The van der Waals surface area contributed by atoms with Crippen LogP contribution in [0.2, 0.25) is 0 Å². The van der Waals surface area contributed by atoms with Crippen molar-refractivity contribution in [1.29, 1.82) is 0 Å². The Balaban J connectivity index is 1.80. The van der Waals surface area contributed by atoms with Gasteiger partial charge in [0.1, 0.15) is 5.75 Å². The Labute approximate surface area is 152 Å². The van der Waals surface area contributed by atoms with Gasteiger partial charge in [-0.3, -0.25) is 9.79 Å². The smallest absolute Gasteiger partial charge is 0.417 e. The van der Waals surface area contributed by atoms with Crippen LogP contribution in [0.25, 0.3) is 0 Å². The summed E-state index contributed by atoms with van der Waals surface area (Å²) < 4.78 is 5.16. The molecule has 1 unspecified atom stereocenters. The third-order valence-electron chi connectivity index (χ3n) is 4.74. The molecule has 3 amide bonds. The lowest BCUT2D eigenvalue weighted by Gasteiger charge is -2.32. The molecule has 0 bridgehead atoms. The molecule has 2 aliphatic heterocycles. The monoisotopic (exact) mass is 355 g/mol. The third kappa shape index (κ3) is 3.12. The average Bonchev–Trinajstić information content (AvgIpc) is 2.66. The van der Waals surface area contributed by atoms with E-state index in [0.29, 0.717) is 18.1 Å². The van der Waals surface area contributed by atoms with Crippen molar-refractivity contribution in [1.82, 2.24) is 9.80 Å². The molecule has 1 N–H and O–H groups in total. The van der Waals surface area contributed by atoms with Crippen molar-refractivity contribution in [2.24, 2.45) is 10.9 Å². The molecule has 2 aliphatic rings. The molecule has 1 atom stereocenters. The number of hydrogen-bond donors (Lipinski definition) is 1. The van der Waals surface area contributed by atoms with E-state index in [1.165, 1.54) is 11.9 Å². The number of nitrogens with zero attached hydrogens (tertiary/aromatic N) is 3. The number of urea groups is 1. The number of amidine groups is 1. The number of fused-ring (bicyclic) bond motifs is 1. The molecule has 0 aromatic heterocycles. The first-order valence-corrected chi connectivity index (χ1v) is 8.47. The van der Waals surface area contributed by atoms with Crippen LogP contribution in [0, 0.1) is 5.92 Å². The van der Waals surface area contributed by atoms with E-state index in [-0.39, 0.29) is 11.9 Å². The summed E-state index contributed by atoms with van der Waals surface area (Å²) in [6.45, 7) is 2.48. The molecule has 26 heavy (non-hydrogen) atoms. The number of amides is 3. The van der Waals surface area contributed by atoms with Crippen LogP contribution >= 0.6 is 0 Å². The summed E-state index contributed by atoms with van der Waals surface area (Å²) in [4.78, 5) is 35.2. The summed E-state index contributed by atoms with van der Waals surface area (Å²) in [5, 5.41) is 0. The second kappa shape index (κ2) is 7.11. The minimum atomic E-state index is -0.566. The first-order chi connectivity index (χ1) is 12.4. The molecule has 2 heterocycles. The number of aliphatic imine (C=N–C) groups is 1. The Hall–Kier alpha value is -2.96. The maximum Gasteiger partial charge on any atom is 0.417 e. The number of imide groups is 1. The van der Waals surface area contributed by atoms with Gasteiger partial charge in [0.25, 0.3) is 11.7 Å². The number of rotatable bonds is 4. The van der Waals surface area contributed by atoms with Crippen molar-refractivity contribution in [2.45, 2.75) is 13.3 Å². The van der Waals surface area contributed by atoms with Gasteiger partial charge in [0.05, 0.1) is 26.1 Å². The Morgan fingerprint density at radius 3 is 2.50 bits per heavy atom. The van der Waals surface area contributed by atoms with Crippen molar-refractivity contribution in [3.63, 3.8) is 0 Å². The highest BCUT2D eigenvalue weighted by Crippen LogP contribution is 2.21. The van der Waals surface area contributed by atoms with E-state index in [4.69, 9.17) is 9.73 Å². The number of carbonyl (C=O) groups excluding carboxylic acids is 2. The number of nitrogens with one attached hydrogen (secondary N) is 1. The van der Waals surface area contributed by atoms with E-state index < -0.39 is 5.92 Å². The van der Waals surface area contributed by atoms with Gasteiger partial charge >= 0.3 is 6.03 Å². The molecule has 1 fully saturated rings. The van der Waals surface area contributed by atoms with Gasteiger partial charge in [0, 0.05) is 19.2 Å². The molecule has 0 radical (unpaired) electrons. The van der Waals surface area contributed by atoms with Gasteiger partial charge < -0.3 is 4.74 Å². The molecule has 1 aromatic rings. The van der Waals surface area contributed by atoms with E-state index >= 15 is 0 Å². The van der Waals surface area contributed by atoms with Crippen LogP contribution in [-0.2, 0) is 11.2 Å². The minimum absolute atomic E-state index is 0.258. The fourth-order valence-electron chi connectivity index (χ4n) is 3.15. The zero-order valence-electron chi connectivity index (χ0n) is 15.4. The van der Waals surface area contributed by atoms with E-state index in [9.17, 15) is 9.59 Å². The predicted octanol–water partition coefficient (Wildman–Crippen LogP) is 0.215. The van der Waals surface area contributed by atoms with Crippen LogP contribution in [0.1, 0.15) is 12.5 Å². The Kier molecular flexibility index (Phi) is 4.88. The van der Waals surface area contributed by atoms with Crippen molar-refractivity contribution < 1.29 is 19.3 Å². The molecule has 0 saturated carbocycles. The number of benzene rings is 1. The predicted molar refractivity (Wildman–Crippen MR) is 98.1 cm³/mol. The van der Waals surface area contributed by atoms with Crippen molar-refractivity contribution in [3.8, 4) is 5.75 Å². The fraction of sp³-hybridized carbons (Fsp3) is 0.368. The molecule has 1 saturated heterocycles. The zero-order chi connectivity index (χ0) is 18.8. The number of methoxy groups -OCH3 is 1. The maximum atomic E-state index is 12.7. The van der Waals surface area contributed by atoms with E-state index in [2.05, 4.69) is 4.99 Å². The molecular weight excluding hydrogens is 332 g/mol. The van der Waals surface area contributed by atoms with Gasteiger partial charge in [-0.15, -0.1) is 0 Å². The SMILES string of the molecule is COc1ccc(CCN=C2C(C)=C[NH+]=C3C2C(=O)N(C)C(=O)N3C)cc1. The number of ether oxygens (including phenoxy) is 1. The van der Waals surface area contributed by atoms with Crippen LogP contribution in [0.5, 0.6) is 5.75 Å². The summed E-state index contributed by atoms with van der Waals surface area (Å²) in [7, 11) is 4.80. The topological polar surface area (TPSA) is 76.2 Å². The van der Waals surface area contributed by atoms with Crippen molar-refractivity contribution in [3.05, 3.63) is 41.6 Å². The normalized spacial score (nSPS) is 21.5. The minimum Gasteiger partial charge on any atom is -0.497 e. The van der Waals surface area contributed by atoms with E-state index in [1.54, 1.807) is 20.4 Å². The second-order valence-corrected chi connectivity index (χ2v) is 6.39. The average molecular weight is 355 g/mol. The van der Waals surface area contributed by atoms with Gasteiger partial charge in [-0.1, -0.05) is 12.1 Å². The van der Waals surface area contributed by atoms with Crippen molar-refractivity contribution in [2.75, 3.05) is 27.7 Å². The second-order valence-electron chi connectivity index (χ2n) is 6.39. The Morgan fingerprint density at radius 1 is 1.15 bits per heavy atom. The van der Waals surface area contributed by atoms with Crippen LogP contribution < -0.4 is 9.73 Å². The highest BCUT2D eigenvalue weighted by atomic mass is 16.5. The number of hydrogen-bond acceptors (Lipinski definition) is 4. The summed E-state index contributed by atoms with van der Waals surface area (Å²) >= 11 is 0. The Morgan fingerprint density at radius 2 is 1.85 bits per heavy atom. The van der Waals surface area contributed by atoms with Gasteiger partial charge in [-0.2, -0.15) is 4.90 Å².